The minimum atomic E-state index is -3.64. The molecule has 8 heteroatoms. The highest BCUT2D eigenvalue weighted by atomic mass is 35.5. The molecule has 0 aliphatic heterocycles. The molecule has 6 nitrogen and oxygen atoms in total. The normalized spacial score (nSPS) is 11.7. The Morgan fingerprint density at radius 3 is 2.54 bits per heavy atom. The Kier molecular flexibility index (Phi) is 5.41. The third-order valence-corrected chi connectivity index (χ3v) is 5.73. The number of aromatic nitrogens is 2. The van der Waals surface area contributed by atoms with Crippen LogP contribution >= 0.6 is 11.6 Å². The van der Waals surface area contributed by atoms with Crippen LogP contribution in [-0.4, -0.2) is 25.1 Å². The molecular formula is C18H18ClN3O3S. The number of hydrogen-bond donors (Lipinski definition) is 1. The van der Waals surface area contributed by atoms with E-state index in [0.29, 0.717) is 16.7 Å². The van der Waals surface area contributed by atoms with Crippen molar-refractivity contribution in [3.8, 4) is 11.4 Å². The highest BCUT2D eigenvalue weighted by Gasteiger charge is 2.16. The van der Waals surface area contributed by atoms with Gasteiger partial charge < -0.3 is 4.52 Å². The minimum absolute atomic E-state index is 0.124. The van der Waals surface area contributed by atoms with E-state index in [2.05, 4.69) is 14.9 Å². The molecule has 0 aliphatic rings. The number of benzene rings is 2. The third-order valence-electron chi connectivity index (χ3n) is 3.86. The first-order valence-corrected chi connectivity index (χ1v) is 9.87. The van der Waals surface area contributed by atoms with Gasteiger partial charge in [0.05, 0.1) is 4.90 Å². The molecule has 136 valence electrons. The fourth-order valence-electron chi connectivity index (χ4n) is 2.29. The van der Waals surface area contributed by atoms with Crippen molar-refractivity contribution < 1.29 is 12.9 Å². The fraction of sp³-hybridized carbons (Fsp3) is 0.222. The molecule has 1 aromatic heterocycles. The number of halogens is 1. The summed E-state index contributed by atoms with van der Waals surface area (Å²) in [6.45, 7) is 3.95. The lowest BCUT2D eigenvalue weighted by Gasteiger charge is -2.07. The van der Waals surface area contributed by atoms with Crippen molar-refractivity contribution in [3.05, 3.63) is 64.5 Å². The quantitative estimate of drug-likeness (QED) is 0.694. The third kappa shape index (κ3) is 4.30. The average Bonchev–Trinajstić information content (AvgIpc) is 3.06. The van der Waals surface area contributed by atoms with Gasteiger partial charge in [0.1, 0.15) is 0 Å². The maximum atomic E-state index is 12.3. The van der Waals surface area contributed by atoms with Gasteiger partial charge in [0, 0.05) is 23.6 Å². The lowest BCUT2D eigenvalue weighted by atomic mass is 10.1. The van der Waals surface area contributed by atoms with Gasteiger partial charge in [-0.05, 0) is 31.5 Å². The summed E-state index contributed by atoms with van der Waals surface area (Å²) in [6, 6.07) is 12.4. The SMILES string of the molecule is Cc1ccc(-c2noc(CCNS(=O)(=O)c3ccc(C)c(Cl)c3)n2)cc1. The van der Waals surface area contributed by atoms with Crippen molar-refractivity contribution in [2.45, 2.75) is 25.2 Å². The average molecular weight is 392 g/mol. The molecule has 1 N–H and O–H groups in total. The Morgan fingerprint density at radius 2 is 1.85 bits per heavy atom. The summed E-state index contributed by atoms with van der Waals surface area (Å²) in [4.78, 5) is 4.42. The highest BCUT2D eigenvalue weighted by Crippen LogP contribution is 2.20. The molecule has 0 unspecified atom stereocenters. The zero-order chi connectivity index (χ0) is 18.7. The molecule has 3 rings (SSSR count). The molecule has 0 spiro atoms. The van der Waals surface area contributed by atoms with Crippen molar-refractivity contribution in [2.24, 2.45) is 0 Å². The summed E-state index contributed by atoms with van der Waals surface area (Å²) in [6.07, 6.45) is 0.289. The first-order chi connectivity index (χ1) is 12.3. The number of rotatable bonds is 6. The summed E-state index contributed by atoms with van der Waals surface area (Å²) >= 11 is 6.00. The van der Waals surface area contributed by atoms with E-state index in [1.54, 1.807) is 6.07 Å². The van der Waals surface area contributed by atoms with Gasteiger partial charge in [-0.25, -0.2) is 13.1 Å². The second-order valence-electron chi connectivity index (χ2n) is 5.94. The summed E-state index contributed by atoms with van der Waals surface area (Å²) in [5.41, 5.74) is 2.81. The van der Waals surface area contributed by atoms with Crippen molar-refractivity contribution in [2.75, 3.05) is 6.54 Å². The molecule has 0 amide bonds. The van der Waals surface area contributed by atoms with E-state index in [4.69, 9.17) is 16.1 Å². The maximum Gasteiger partial charge on any atom is 0.240 e. The largest absolute Gasteiger partial charge is 0.339 e. The van der Waals surface area contributed by atoms with Crippen LogP contribution in [0.4, 0.5) is 0 Å². The second kappa shape index (κ2) is 7.57. The first-order valence-electron chi connectivity index (χ1n) is 8.00. The molecular weight excluding hydrogens is 374 g/mol. The molecule has 0 bridgehead atoms. The van der Waals surface area contributed by atoms with Gasteiger partial charge in [0.15, 0.2) is 0 Å². The second-order valence-corrected chi connectivity index (χ2v) is 8.11. The van der Waals surface area contributed by atoms with Gasteiger partial charge >= 0.3 is 0 Å². The van der Waals surface area contributed by atoms with Crippen LogP contribution in [0.25, 0.3) is 11.4 Å². The Bertz CT molecular complexity index is 1010. The topological polar surface area (TPSA) is 85.1 Å². The maximum absolute atomic E-state index is 12.3. The lowest BCUT2D eigenvalue weighted by molar-refractivity contribution is 0.379. The van der Waals surface area contributed by atoms with Gasteiger partial charge in [0.2, 0.25) is 21.7 Å². The van der Waals surface area contributed by atoms with Gasteiger partial charge in [0.25, 0.3) is 0 Å². The lowest BCUT2D eigenvalue weighted by Crippen LogP contribution is -2.26. The highest BCUT2D eigenvalue weighted by molar-refractivity contribution is 7.89. The molecule has 26 heavy (non-hydrogen) atoms. The number of hydrogen-bond acceptors (Lipinski definition) is 5. The zero-order valence-corrected chi connectivity index (χ0v) is 15.9. The van der Waals surface area contributed by atoms with Crippen LogP contribution in [0.1, 0.15) is 17.0 Å². The Hall–Kier alpha value is -2.22. The van der Waals surface area contributed by atoms with Crippen LogP contribution in [-0.2, 0) is 16.4 Å². The van der Waals surface area contributed by atoms with Crippen LogP contribution in [0.2, 0.25) is 5.02 Å². The van der Waals surface area contributed by atoms with E-state index in [0.717, 1.165) is 16.7 Å². The van der Waals surface area contributed by atoms with Gasteiger partial charge in [-0.2, -0.15) is 4.98 Å². The standard InChI is InChI=1S/C18H18ClN3O3S/c1-12-3-6-14(7-4-12)18-21-17(25-22-18)9-10-20-26(23,24)15-8-5-13(2)16(19)11-15/h3-8,11,20H,9-10H2,1-2H3. The van der Waals surface area contributed by atoms with E-state index in [1.165, 1.54) is 12.1 Å². The Balaban J connectivity index is 1.62. The van der Waals surface area contributed by atoms with Crippen molar-refractivity contribution >= 4 is 21.6 Å². The van der Waals surface area contributed by atoms with Crippen LogP contribution < -0.4 is 4.72 Å². The monoisotopic (exact) mass is 391 g/mol. The predicted octanol–water partition coefficient (Wildman–Crippen LogP) is 3.53. The molecule has 1 heterocycles. The van der Waals surface area contributed by atoms with E-state index in [-0.39, 0.29) is 17.9 Å². The molecule has 2 aromatic carbocycles. The van der Waals surface area contributed by atoms with E-state index >= 15 is 0 Å². The molecule has 0 atom stereocenters. The van der Waals surface area contributed by atoms with Crippen molar-refractivity contribution in [1.29, 1.82) is 0 Å². The zero-order valence-electron chi connectivity index (χ0n) is 14.4. The summed E-state index contributed by atoms with van der Waals surface area (Å²) in [5, 5.41) is 4.34. The van der Waals surface area contributed by atoms with Crippen LogP contribution in [0.3, 0.4) is 0 Å². The minimum Gasteiger partial charge on any atom is -0.339 e. The fourth-order valence-corrected chi connectivity index (χ4v) is 3.60. The van der Waals surface area contributed by atoms with Gasteiger partial charge in [-0.1, -0.05) is 52.7 Å². The number of nitrogens with one attached hydrogen (secondary N) is 1. The van der Waals surface area contributed by atoms with Gasteiger partial charge in [-0.3, -0.25) is 0 Å². The van der Waals surface area contributed by atoms with E-state index in [1.807, 2.05) is 38.1 Å². The Labute approximate surface area is 157 Å². The molecule has 0 radical (unpaired) electrons. The van der Waals surface area contributed by atoms with Crippen molar-refractivity contribution in [3.63, 3.8) is 0 Å². The van der Waals surface area contributed by atoms with Crippen LogP contribution in [0.5, 0.6) is 0 Å². The smallest absolute Gasteiger partial charge is 0.240 e. The predicted molar refractivity (Wildman–Crippen MR) is 99.6 cm³/mol. The number of nitrogens with zero attached hydrogens (tertiary/aromatic N) is 2. The molecule has 0 saturated carbocycles. The van der Waals surface area contributed by atoms with Gasteiger partial charge in [-0.15, -0.1) is 0 Å². The number of aryl methyl sites for hydroxylation is 2. The summed E-state index contributed by atoms with van der Waals surface area (Å²) in [7, 11) is -3.64. The summed E-state index contributed by atoms with van der Waals surface area (Å²) < 4.78 is 32.3. The van der Waals surface area contributed by atoms with E-state index in [9.17, 15) is 8.42 Å². The number of sulfonamides is 1. The van der Waals surface area contributed by atoms with Crippen molar-refractivity contribution in [1.82, 2.24) is 14.9 Å². The van der Waals surface area contributed by atoms with Crippen LogP contribution in [0.15, 0.2) is 51.9 Å². The summed E-state index contributed by atoms with van der Waals surface area (Å²) in [5.74, 6) is 0.846. The molecule has 0 aliphatic carbocycles. The van der Waals surface area contributed by atoms with Crippen LogP contribution in [0, 0.1) is 13.8 Å². The molecule has 3 aromatic rings. The van der Waals surface area contributed by atoms with E-state index < -0.39 is 10.0 Å². The molecule has 0 saturated heterocycles. The Morgan fingerprint density at radius 1 is 1.12 bits per heavy atom. The first kappa shape index (κ1) is 18.6. The molecule has 0 fully saturated rings.